The minimum atomic E-state index is -4.70. The Balaban J connectivity index is 0.00000289. The summed E-state index contributed by atoms with van der Waals surface area (Å²) < 4.78 is 50.6. The average molecular weight is 286 g/mol. The normalized spacial score (nSPS) is 14.0. The van der Waals surface area contributed by atoms with Crippen LogP contribution in [-0.2, 0) is 6.18 Å². The summed E-state index contributed by atoms with van der Waals surface area (Å²) in [6, 6.07) is 2.30. The highest BCUT2D eigenvalue weighted by Gasteiger charge is 2.35. The molecule has 0 saturated heterocycles. The third-order valence-electron chi connectivity index (χ3n) is 2.59. The van der Waals surface area contributed by atoms with Crippen LogP contribution < -0.4 is 5.73 Å². The quantitative estimate of drug-likeness (QED) is 0.765. The summed E-state index contributed by atoms with van der Waals surface area (Å²) in [6.45, 7) is 5.44. The molecular weight excluding hydrogens is 270 g/mol. The zero-order valence-corrected chi connectivity index (χ0v) is 11.1. The van der Waals surface area contributed by atoms with E-state index in [1.807, 2.05) is 20.8 Å². The van der Waals surface area contributed by atoms with E-state index < -0.39 is 23.6 Å². The molecule has 1 rings (SSSR count). The van der Waals surface area contributed by atoms with E-state index in [1.54, 1.807) is 0 Å². The lowest BCUT2D eigenvalue weighted by Gasteiger charge is -2.28. The molecule has 0 heterocycles. The van der Waals surface area contributed by atoms with Crippen LogP contribution in [0.15, 0.2) is 18.2 Å². The van der Waals surface area contributed by atoms with Gasteiger partial charge in [-0.05, 0) is 23.1 Å². The van der Waals surface area contributed by atoms with Crippen LogP contribution in [-0.4, -0.2) is 0 Å². The van der Waals surface area contributed by atoms with E-state index in [-0.39, 0.29) is 23.4 Å². The Morgan fingerprint density at radius 3 is 2.00 bits per heavy atom. The molecule has 0 saturated carbocycles. The van der Waals surface area contributed by atoms with Crippen molar-refractivity contribution in [3.05, 3.63) is 35.1 Å². The summed E-state index contributed by atoms with van der Waals surface area (Å²) >= 11 is 0. The van der Waals surface area contributed by atoms with E-state index in [4.69, 9.17) is 5.73 Å². The second-order valence-electron chi connectivity index (χ2n) is 5.08. The standard InChI is InChI=1S/C12H15F4N.ClH/c1-11(2,3)10(17)7-4-5-9(13)8(6-7)12(14,15)16;/h4-6,10H,17H2,1-3H3;1H/t10-;/m0./s1. The Kier molecular flexibility index (Phi) is 5.20. The maximum atomic E-state index is 13.1. The molecule has 0 aliphatic carbocycles. The van der Waals surface area contributed by atoms with Gasteiger partial charge in [-0.3, -0.25) is 0 Å². The number of benzene rings is 1. The van der Waals surface area contributed by atoms with Crippen molar-refractivity contribution in [2.45, 2.75) is 33.0 Å². The highest BCUT2D eigenvalue weighted by atomic mass is 35.5. The van der Waals surface area contributed by atoms with Crippen molar-refractivity contribution in [2.75, 3.05) is 0 Å². The van der Waals surface area contributed by atoms with Gasteiger partial charge in [0.1, 0.15) is 5.82 Å². The van der Waals surface area contributed by atoms with E-state index in [1.165, 1.54) is 6.07 Å². The molecule has 0 aliphatic heterocycles. The van der Waals surface area contributed by atoms with Crippen molar-refractivity contribution >= 4 is 12.4 Å². The molecule has 0 unspecified atom stereocenters. The van der Waals surface area contributed by atoms with E-state index in [0.29, 0.717) is 0 Å². The second kappa shape index (κ2) is 5.45. The maximum Gasteiger partial charge on any atom is 0.419 e. The molecule has 1 nitrogen and oxygen atoms in total. The van der Waals surface area contributed by atoms with Gasteiger partial charge in [0.15, 0.2) is 0 Å². The van der Waals surface area contributed by atoms with Crippen LogP contribution in [0.3, 0.4) is 0 Å². The molecule has 0 radical (unpaired) electrons. The minimum Gasteiger partial charge on any atom is -0.324 e. The fraction of sp³-hybridized carbons (Fsp3) is 0.500. The zero-order valence-electron chi connectivity index (χ0n) is 10.3. The lowest BCUT2D eigenvalue weighted by atomic mass is 9.82. The molecule has 0 bridgehead atoms. The Hall–Kier alpha value is -0.810. The molecule has 0 spiro atoms. The third-order valence-corrected chi connectivity index (χ3v) is 2.59. The number of rotatable bonds is 1. The van der Waals surface area contributed by atoms with Crippen LogP contribution >= 0.6 is 12.4 Å². The topological polar surface area (TPSA) is 26.0 Å². The van der Waals surface area contributed by atoms with Gasteiger partial charge < -0.3 is 5.73 Å². The summed E-state index contributed by atoms with van der Waals surface area (Å²) in [6.07, 6.45) is -4.70. The fourth-order valence-electron chi connectivity index (χ4n) is 1.45. The molecule has 104 valence electrons. The molecule has 0 aliphatic rings. The largest absolute Gasteiger partial charge is 0.419 e. The lowest BCUT2D eigenvalue weighted by molar-refractivity contribution is -0.140. The molecule has 1 atom stereocenters. The molecule has 0 aromatic heterocycles. The van der Waals surface area contributed by atoms with Gasteiger partial charge >= 0.3 is 6.18 Å². The molecule has 1 aromatic rings. The number of halogens is 5. The number of nitrogens with two attached hydrogens (primary N) is 1. The van der Waals surface area contributed by atoms with Gasteiger partial charge in [0, 0.05) is 6.04 Å². The van der Waals surface area contributed by atoms with Crippen molar-refractivity contribution in [3.8, 4) is 0 Å². The van der Waals surface area contributed by atoms with Crippen LogP contribution in [0.25, 0.3) is 0 Å². The average Bonchev–Trinajstić information content (AvgIpc) is 2.14. The van der Waals surface area contributed by atoms with E-state index in [2.05, 4.69) is 0 Å². The Bertz CT molecular complexity index is 410. The van der Waals surface area contributed by atoms with Crippen molar-refractivity contribution in [1.29, 1.82) is 0 Å². The third kappa shape index (κ3) is 3.85. The van der Waals surface area contributed by atoms with Crippen LogP contribution in [0.4, 0.5) is 17.6 Å². The first-order valence-electron chi connectivity index (χ1n) is 5.15. The summed E-state index contributed by atoms with van der Waals surface area (Å²) in [5, 5.41) is 0. The zero-order chi connectivity index (χ0) is 13.4. The molecule has 0 fully saturated rings. The summed E-state index contributed by atoms with van der Waals surface area (Å²) in [7, 11) is 0. The number of alkyl halides is 3. The van der Waals surface area contributed by atoms with Crippen molar-refractivity contribution in [2.24, 2.45) is 11.1 Å². The first kappa shape index (κ1) is 17.2. The Morgan fingerprint density at radius 2 is 1.61 bits per heavy atom. The number of hydrogen-bond donors (Lipinski definition) is 1. The van der Waals surface area contributed by atoms with Crippen LogP contribution in [0.1, 0.15) is 37.9 Å². The highest BCUT2D eigenvalue weighted by molar-refractivity contribution is 5.85. The van der Waals surface area contributed by atoms with Crippen molar-refractivity contribution < 1.29 is 17.6 Å². The molecular formula is C12H16ClF4N. The number of hydrogen-bond acceptors (Lipinski definition) is 1. The monoisotopic (exact) mass is 285 g/mol. The molecule has 1 aromatic carbocycles. The van der Waals surface area contributed by atoms with Gasteiger partial charge in [-0.2, -0.15) is 13.2 Å². The predicted octanol–water partition coefficient (Wildman–Crippen LogP) is 4.31. The van der Waals surface area contributed by atoms with Gasteiger partial charge in [-0.25, -0.2) is 4.39 Å². The Morgan fingerprint density at radius 1 is 1.11 bits per heavy atom. The van der Waals surface area contributed by atoms with Gasteiger partial charge in [0.25, 0.3) is 0 Å². The maximum absolute atomic E-state index is 13.1. The first-order chi connectivity index (χ1) is 7.53. The highest BCUT2D eigenvalue weighted by Crippen LogP contribution is 2.36. The van der Waals surface area contributed by atoms with Gasteiger partial charge in [-0.15, -0.1) is 12.4 Å². The first-order valence-corrected chi connectivity index (χ1v) is 5.15. The minimum absolute atomic E-state index is 0. The SMILES string of the molecule is CC(C)(C)[C@@H](N)c1ccc(F)c(C(F)(F)F)c1.Cl. The van der Waals surface area contributed by atoms with Gasteiger partial charge in [-0.1, -0.05) is 26.8 Å². The van der Waals surface area contributed by atoms with Crippen LogP contribution in [0, 0.1) is 11.2 Å². The van der Waals surface area contributed by atoms with E-state index in [9.17, 15) is 17.6 Å². The predicted molar refractivity (Wildman–Crippen MR) is 65.0 cm³/mol. The van der Waals surface area contributed by atoms with Crippen LogP contribution in [0.5, 0.6) is 0 Å². The van der Waals surface area contributed by atoms with E-state index >= 15 is 0 Å². The smallest absolute Gasteiger partial charge is 0.324 e. The molecule has 18 heavy (non-hydrogen) atoms. The summed E-state index contributed by atoms with van der Waals surface area (Å²) in [5.74, 6) is -1.28. The molecule has 0 amide bonds. The van der Waals surface area contributed by atoms with Crippen LogP contribution in [0.2, 0.25) is 0 Å². The Labute approximate surface area is 110 Å². The second-order valence-corrected chi connectivity index (χ2v) is 5.08. The lowest BCUT2D eigenvalue weighted by Crippen LogP contribution is -2.26. The summed E-state index contributed by atoms with van der Waals surface area (Å²) in [5.41, 5.74) is 4.47. The molecule has 2 N–H and O–H groups in total. The van der Waals surface area contributed by atoms with Gasteiger partial charge in [0.2, 0.25) is 0 Å². The summed E-state index contributed by atoms with van der Waals surface area (Å²) in [4.78, 5) is 0. The fourth-order valence-corrected chi connectivity index (χ4v) is 1.45. The molecule has 6 heteroatoms. The van der Waals surface area contributed by atoms with Crippen molar-refractivity contribution in [1.82, 2.24) is 0 Å². The van der Waals surface area contributed by atoms with Crippen molar-refractivity contribution in [3.63, 3.8) is 0 Å². The van der Waals surface area contributed by atoms with E-state index in [0.717, 1.165) is 12.1 Å². The van der Waals surface area contributed by atoms with Gasteiger partial charge in [0.05, 0.1) is 5.56 Å².